The zero-order valence-corrected chi connectivity index (χ0v) is 15.2. The van der Waals surface area contributed by atoms with Gasteiger partial charge in [0.1, 0.15) is 17.2 Å². The topological polar surface area (TPSA) is 94.2 Å². The first kappa shape index (κ1) is 21.2. The van der Waals surface area contributed by atoms with Crippen LogP contribution in [0.2, 0.25) is 0 Å². The number of rotatable bonds is 5. The number of alkyl carbamates (subject to hydrolysis) is 1. The predicted molar refractivity (Wildman–Crippen MR) is 83.4 cm³/mol. The maximum Gasteiger partial charge on any atom is 0.408 e. The van der Waals surface area contributed by atoms with E-state index in [1.807, 2.05) is 0 Å². The molecule has 0 aromatic rings. The van der Waals surface area contributed by atoms with Gasteiger partial charge >= 0.3 is 12.1 Å². The van der Waals surface area contributed by atoms with E-state index < -0.39 is 35.2 Å². The van der Waals surface area contributed by atoms with Gasteiger partial charge in [-0.25, -0.2) is 14.7 Å². The summed E-state index contributed by atoms with van der Waals surface area (Å²) in [7, 11) is 2.73. The minimum Gasteiger partial charge on any atom is -0.458 e. The zero-order chi connectivity index (χ0) is 18.4. The van der Waals surface area contributed by atoms with Crippen molar-refractivity contribution in [3.8, 4) is 0 Å². The summed E-state index contributed by atoms with van der Waals surface area (Å²) in [5.41, 5.74) is -1.48. The summed E-state index contributed by atoms with van der Waals surface area (Å²) < 4.78 is 10.3. The fourth-order valence-electron chi connectivity index (χ4n) is 1.42. The smallest absolute Gasteiger partial charge is 0.408 e. The summed E-state index contributed by atoms with van der Waals surface area (Å²) in [5.74, 6) is -1.21. The van der Waals surface area contributed by atoms with E-state index in [4.69, 9.17) is 14.3 Å². The highest BCUT2D eigenvalue weighted by Gasteiger charge is 2.31. The molecule has 0 saturated heterocycles. The van der Waals surface area contributed by atoms with E-state index in [9.17, 15) is 14.4 Å². The fraction of sp³-hybridized carbons (Fsp3) is 0.800. The first-order valence-electron chi connectivity index (χ1n) is 7.28. The van der Waals surface area contributed by atoms with Gasteiger partial charge in [0.2, 0.25) is 5.91 Å². The molecule has 134 valence electrons. The molecule has 0 rings (SSSR count). The molecule has 8 nitrogen and oxygen atoms in total. The van der Waals surface area contributed by atoms with Crippen LogP contribution in [0, 0.1) is 0 Å². The molecule has 0 fully saturated rings. The van der Waals surface area contributed by atoms with Crippen LogP contribution in [0.1, 0.15) is 48.0 Å². The highest BCUT2D eigenvalue weighted by molar-refractivity contribution is 5.87. The van der Waals surface area contributed by atoms with Crippen LogP contribution in [0.5, 0.6) is 0 Å². The summed E-state index contributed by atoms with van der Waals surface area (Å²) in [6.07, 6.45) is -1.11. The molecule has 0 aliphatic carbocycles. The highest BCUT2D eigenvalue weighted by Crippen LogP contribution is 2.12. The summed E-state index contributed by atoms with van der Waals surface area (Å²) in [6, 6.07) is -1.17. The largest absolute Gasteiger partial charge is 0.458 e. The third-order valence-electron chi connectivity index (χ3n) is 2.39. The van der Waals surface area contributed by atoms with Crippen molar-refractivity contribution in [2.24, 2.45) is 0 Å². The molecular weight excluding hydrogens is 304 g/mol. The van der Waals surface area contributed by atoms with Crippen LogP contribution in [-0.4, -0.2) is 54.4 Å². The van der Waals surface area contributed by atoms with Crippen molar-refractivity contribution in [1.29, 1.82) is 0 Å². The molecule has 0 heterocycles. The standard InChI is InChI=1S/C15H28N2O6/c1-14(2,3)22-12(19)10(9-11(18)17(7)21-8)16-13(20)23-15(4,5)6/h10H,9H2,1-8H3,(H,16,20)/t10-/m0/s1. The van der Waals surface area contributed by atoms with Gasteiger partial charge in [0.25, 0.3) is 0 Å². The molecule has 0 unspecified atom stereocenters. The molecule has 1 atom stereocenters. The lowest BCUT2D eigenvalue weighted by molar-refractivity contribution is -0.172. The summed E-state index contributed by atoms with van der Waals surface area (Å²) in [5, 5.41) is 3.33. The summed E-state index contributed by atoms with van der Waals surface area (Å²) >= 11 is 0. The number of hydrogen-bond donors (Lipinski definition) is 1. The maximum atomic E-state index is 12.2. The average Bonchev–Trinajstić information content (AvgIpc) is 2.32. The predicted octanol–water partition coefficient (Wildman–Crippen LogP) is 1.63. The van der Waals surface area contributed by atoms with Gasteiger partial charge in [-0.1, -0.05) is 0 Å². The van der Waals surface area contributed by atoms with E-state index in [1.54, 1.807) is 41.5 Å². The van der Waals surface area contributed by atoms with Gasteiger partial charge < -0.3 is 14.8 Å². The second-order valence-electron chi connectivity index (χ2n) is 7.01. The van der Waals surface area contributed by atoms with Gasteiger partial charge in [0.05, 0.1) is 13.5 Å². The van der Waals surface area contributed by atoms with Crippen molar-refractivity contribution in [2.45, 2.75) is 65.2 Å². The molecule has 0 spiro atoms. The molecule has 1 N–H and O–H groups in total. The van der Waals surface area contributed by atoms with E-state index in [1.165, 1.54) is 14.2 Å². The third-order valence-corrected chi connectivity index (χ3v) is 2.39. The minimum atomic E-state index is -1.17. The Morgan fingerprint density at radius 1 is 1.00 bits per heavy atom. The Labute approximate surface area is 137 Å². The van der Waals surface area contributed by atoms with Crippen LogP contribution in [-0.2, 0) is 23.9 Å². The molecule has 0 aliphatic rings. The van der Waals surface area contributed by atoms with Crippen LogP contribution >= 0.6 is 0 Å². The van der Waals surface area contributed by atoms with Gasteiger partial charge in [-0.05, 0) is 41.5 Å². The number of hydrogen-bond acceptors (Lipinski definition) is 6. The first-order valence-corrected chi connectivity index (χ1v) is 7.28. The molecule has 0 radical (unpaired) electrons. The number of esters is 1. The fourth-order valence-corrected chi connectivity index (χ4v) is 1.42. The molecule has 0 saturated carbocycles. The van der Waals surface area contributed by atoms with Gasteiger partial charge in [0, 0.05) is 7.05 Å². The Balaban J connectivity index is 5.03. The van der Waals surface area contributed by atoms with Crippen LogP contribution in [0.15, 0.2) is 0 Å². The van der Waals surface area contributed by atoms with Gasteiger partial charge in [-0.3, -0.25) is 9.63 Å². The van der Waals surface area contributed by atoms with E-state index in [-0.39, 0.29) is 6.42 Å². The van der Waals surface area contributed by atoms with E-state index >= 15 is 0 Å². The van der Waals surface area contributed by atoms with E-state index in [0.717, 1.165) is 5.06 Å². The molecule has 8 heteroatoms. The van der Waals surface area contributed by atoms with Crippen molar-refractivity contribution in [1.82, 2.24) is 10.4 Å². The number of carbonyl (C=O) groups is 3. The second-order valence-corrected chi connectivity index (χ2v) is 7.01. The molecular formula is C15H28N2O6. The Morgan fingerprint density at radius 2 is 1.48 bits per heavy atom. The maximum absolute atomic E-state index is 12.2. The summed E-state index contributed by atoms with van der Waals surface area (Å²) in [6.45, 7) is 10.2. The lowest BCUT2D eigenvalue weighted by Gasteiger charge is -2.26. The van der Waals surface area contributed by atoms with Crippen LogP contribution < -0.4 is 5.32 Å². The molecule has 0 bridgehead atoms. The van der Waals surface area contributed by atoms with E-state index in [0.29, 0.717) is 0 Å². The molecule has 23 heavy (non-hydrogen) atoms. The number of nitrogens with zero attached hydrogens (tertiary/aromatic N) is 1. The Kier molecular flexibility index (Phi) is 7.50. The lowest BCUT2D eigenvalue weighted by Crippen LogP contribution is -2.48. The highest BCUT2D eigenvalue weighted by atomic mass is 16.7. The average molecular weight is 332 g/mol. The van der Waals surface area contributed by atoms with Crippen LogP contribution in [0.4, 0.5) is 4.79 Å². The minimum absolute atomic E-state index is 0.307. The lowest BCUT2D eigenvalue weighted by atomic mass is 10.1. The first-order chi connectivity index (χ1) is 10.2. The number of hydroxylamine groups is 2. The van der Waals surface area contributed by atoms with Gasteiger partial charge in [0.15, 0.2) is 0 Å². The third kappa shape index (κ3) is 9.72. The SMILES string of the molecule is CON(C)C(=O)C[C@H](NC(=O)OC(C)(C)C)C(=O)OC(C)(C)C. The molecule has 0 aromatic carbocycles. The van der Waals surface area contributed by atoms with Crippen molar-refractivity contribution in [3.05, 3.63) is 0 Å². The summed E-state index contributed by atoms with van der Waals surface area (Å²) in [4.78, 5) is 40.8. The number of nitrogens with one attached hydrogen (secondary N) is 1. The van der Waals surface area contributed by atoms with Crippen molar-refractivity contribution in [2.75, 3.05) is 14.2 Å². The second kappa shape index (κ2) is 8.14. The van der Waals surface area contributed by atoms with Crippen LogP contribution in [0.25, 0.3) is 0 Å². The van der Waals surface area contributed by atoms with Crippen LogP contribution in [0.3, 0.4) is 0 Å². The molecule has 2 amide bonds. The number of ether oxygens (including phenoxy) is 2. The van der Waals surface area contributed by atoms with Crippen molar-refractivity contribution in [3.63, 3.8) is 0 Å². The zero-order valence-electron chi connectivity index (χ0n) is 15.2. The molecule has 0 aromatic heterocycles. The Bertz CT molecular complexity index is 436. The van der Waals surface area contributed by atoms with E-state index in [2.05, 4.69) is 5.32 Å². The van der Waals surface area contributed by atoms with Gasteiger partial charge in [-0.2, -0.15) is 0 Å². The van der Waals surface area contributed by atoms with Crippen molar-refractivity contribution >= 4 is 18.0 Å². The molecule has 0 aliphatic heterocycles. The van der Waals surface area contributed by atoms with Gasteiger partial charge in [-0.15, -0.1) is 0 Å². The number of carbonyl (C=O) groups excluding carboxylic acids is 3. The van der Waals surface area contributed by atoms with Crippen molar-refractivity contribution < 1.29 is 28.7 Å². The Morgan fingerprint density at radius 3 is 1.87 bits per heavy atom. The normalized spacial score (nSPS) is 13.0. The number of amides is 2. The quantitative estimate of drug-likeness (QED) is 0.607. The Hall–Kier alpha value is -1.83. The monoisotopic (exact) mass is 332 g/mol.